The number of carbonyl (C=O) groups is 1. The minimum absolute atomic E-state index is 0.146. The zero-order chi connectivity index (χ0) is 24.0. The van der Waals surface area contributed by atoms with Crippen LogP contribution in [-0.4, -0.2) is 19.0 Å². The van der Waals surface area contributed by atoms with Gasteiger partial charge in [0.15, 0.2) is 0 Å². The summed E-state index contributed by atoms with van der Waals surface area (Å²) >= 11 is 0. The van der Waals surface area contributed by atoms with Crippen LogP contribution in [0.4, 0.5) is 0 Å². The van der Waals surface area contributed by atoms with Crippen molar-refractivity contribution in [2.45, 2.75) is 125 Å². The molecule has 0 heterocycles. The summed E-state index contributed by atoms with van der Waals surface area (Å²) < 4.78 is 6.01. The Labute approximate surface area is 203 Å². The molecule has 0 aromatic heterocycles. The van der Waals surface area contributed by atoms with Gasteiger partial charge in [-0.1, -0.05) is 59.6 Å². The van der Waals surface area contributed by atoms with Crippen molar-refractivity contribution in [2.24, 2.45) is 44.8 Å². The number of Topliss-reactive ketones (excluding diaryl/α,β-unsaturated/α-hetero) is 1. The van der Waals surface area contributed by atoms with Crippen LogP contribution in [0, 0.1) is 44.8 Å². The highest BCUT2D eigenvalue weighted by Gasteiger charge is 2.62. The fourth-order valence-electron chi connectivity index (χ4n) is 11.1. The summed E-state index contributed by atoms with van der Waals surface area (Å²) in [5.41, 5.74) is 4.87. The molecule has 0 aromatic carbocycles. The van der Waals surface area contributed by atoms with Gasteiger partial charge in [0.1, 0.15) is 5.78 Å². The van der Waals surface area contributed by atoms with Crippen LogP contribution in [0.5, 0.6) is 0 Å². The average molecular weight is 455 g/mol. The molecule has 2 nitrogen and oxygen atoms in total. The number of ether oxygens (including phenoxy) is 1. The maximum absolute atomic E-state index is 12.9. The predicted octanol–water partition coefficient (Wildman–Crippen LogP) is 8.15. The second-order valence-corrected chi connectivity index (χ2v) is 14.8. The summed E-state index contributed by atoms with van der Waals surface area (Å²) in [5.74, 6) is 2.54. The topological polar surface area (TPSA) is 26.3 Å². The number of fused-ring (bicyclic) bond motifs is 5. The fraction of sp³-hybridized carbons (Fsp3) is 0.903. The Bertz CT molecular complexity index is 864. The van der Waals surface area contributed by atoms with Gasteiger partial charge in [0.05, 0.1) is 6.10 Å². The lowest BCUT2D eigenvalue weighted by Crippen LogP contribution is -2.57. The standard InChI is InChI=1S/C31H50O2/c1-27(2)23-13-16-29(5)19-20-9-11-22-28(3,4)26(33-8)15-18-30(22,6)21(20)10-12-24(29)31(23,7)17-14-25(27)32/h22-24,26H,9-19H2,1-8H3. The molecule has 0 radical (unpaired) electrons. The van der Waals surface area contributed by atoms with E-state index in [0.717, 1.165) is 24.7 Å². The Morgan fingerprint density at radius 2 is 1.45 bits per heavy atom. The van der Waals surface area contributed by atoms with Gasteiger partial charge >= 0.3 is 0 Å². The summed E-state index contributed by atoms with van der Waals surface area (Å²) in [4.78, 5) is 12.9. The van der Waals surface area contributed by atoms with Crippen molar-refractivity contribution in [1.29, 1.82) is 0 Å². The van der Waals surface area contributed by atoms with E-state index in [4.69, 9.17) is 4.74 Å². The number of allylic oxidation sites excluding steroid dienone is 2. The highest BCUT2D eigenvalue weighted by atomic mass is 16.5. The Hall–Kier alpha value is -0.630. The minimum Gasteiger partial charge on any atom is -0.381 e. The van der Waals surface area contributed by atoms with Crippen molar-refractivity contribution in [2.75, 3.05) is 7.11 Å². The van der Waals surface area contributed by atoms with Crippen molar-refractivity contribution in [3.8, 4) is 0 Å². The van der Waals surface area contributed by atoms with Gasteiger partial charge < -0.3 is 4.74 Å². The molecule has 3 saturated carbocycles. The number of carbonyl (C=O) groups excluding carboxylic acids is 1. The molecule has 7 atom stereocenters. The van der Waals surface area contributed by atoms with Gasteiger partial charge in [-0.2, -0.15) is 0 Å². The normalized spacial score (nSPS) is 48.8. The number of ketones is 1. The third kappa shape index (κ3) is 3.17. The van der Waals surface area contributed by atoms with Gasteiger partial charge in [0, 0.05) is 18.9 Å². The number of hydrogen-bond acceptors (Lipinski definition) is 2. The molecule has 5 aliphatic carbocycles. The van der Waals surface area contributed by atoms with Crippen molar-refractivity contribution in [3.63, 3.8) is 0 Å². The Balaban J connectivity index is 1.50. The molecule has 0 amide bonds. The van der Waals surface area contributed by atoms with E-state index >= 15 is 0 Å². The first-order valence-electron chi connectivity index (χ1n) is 14.1. The van der Waals surface area contributed by atoms with Crippen LogP contribution in [0.25, 0.3) is 0 Å². The lowest BCUT2D eigenvalue weighted by Gasteiger charge is -2.62. The predicted molar refractivity (Wildman–Crippen MR) is 136 cm³/mol. The van der Waals surface area contributed by atoms with Gasteiger partial charge in [0.2, 0.25) is 0 Å². The quantitative estimate of drug-likeness (QED) is 0.374. The number of rotatable bonds is 1. The van der Waals surface area contributed by atoms with Gasteiger partial charge in [-0.25, -0.2) is 0 Å². The molecular weight excluding hydrogens is 404 g/mol. The molecule has 0 bridgehead atoms. The largest absolute Gasteiger partial charge is 0.381 e. The van der Waals surface area contributed by atoms with Crippen LogP contribution in [0.3, 0.4) is 0 Å². The molecule has 0 N–H and O–H groups in total. The molecule has 2 heteroatoms. The molecule has 0 aliphatic heterocycles. The maximum atomic E-state index is 12.9. The van der Waals surface area contributed by atoms with Gasteiger partial charge in [-0.3, -0.25) is 4.79 Å². The summed E-state index contributed by atoms with van der Waals surface area (Å²) in [6.07, 6.45) is 14.0. The lowest BCUT2D eigenvalue weighted by molar-refractivity contribution is -0.159. The van der Waals surface area contributed by atoms with Gasteiger partial charge in [-0.05, 0) is 104 Å². The summed E-state index contributed by atoms with van der Waals surface area (Å²) in [6, 6.07) is 0. The molecular formula is C31H50O2. The number of methoxy groups -OCH3 is 1. The molecule has 5 rings (SSSR count). The monoisotopic (exact) mass is 454 g/mol. The first kappa shape index (κ1) is 24.1. The summed E-state index contributed by atoms with van der Waals surface area (Å²) in [7, 11) is 1.92. The second kappa shape index (κ2) is 7.44. The molecule has 7 unspecified atom stereocenters. The van der Waals surface area contributed by atoms with E-state index in [1.807, 2.05) is 18.3 Å². The molecule has 0 aromatic rings. The Morgan fingerprint density at radius 3 is 2.15 bits per heavy atom. The highest BCUT2D eigenvalue weighted by Crippen LogP contribution is 2.69. The van der Waals surface area contributed by atoms with E-state index in [0.29, 0.717) is 34.1 Å². The van der Waals surface area contributed by atoms with Crippen molar-refractivity contribution in [1.82, 2.24) is 0 Å². The average Bonchev–Trinajstić information content (AvgIpc) is 2.88. The second-order valence-electron chi connectivity index (χ2n) is 14.8. The Morgan fingerprint density at radius 1 is 0.758 bits per heavy atom. The van der Waals surface area contributed by atoms with E-state index < -0.39 is 0 Å². The van der Waals surface area contributed by atoms with Crippen molar-refractivity contribution >= 4 is 5.78 Å². The molecule has 0 spiro atoms. The van der Waals surface area contributed by atoms with Crippen molar-refractivity contribution in [3.05, 3.63) is 11.1 Å². The Kier molecular flexibility index (Phi) is 5.43. The third-order valence-corrected chi connectivity index (χ3v) is 12.8. The summed E-state index contributed by atoms with van der Waals surface area (Å²) in [6.45, 7) is 17.4. The van der Waals surface area contributed by atoms with Crippen LogP contribution < -0.4 is 0 Å². The van der Waals surface area contributed by atoms with Crippen LogP contribution in [0.1, 0.15) is 119 Å². The highest BCUT2D eigenvalue weighted by molar-refractivity contribution is 5.85. The zero-order valence-electron chi connectivity index (χ0n) is 22.9. The van der Waals surface area contributed by atoms with E-state index in [1.54, 1.807) is 0 Å². The first-order chi connectivity index (χ1) is 15.3. The van der Waals surface area contributed by atoms with Crippen LogP contribution >= 0.6 is 0 Å². The van der Waals surface area contributed by atoms with Gasteiger partial charge in [-0.15, -0.1) is 0 Å². The van der Waals surface area contributed by atoms with Crippen LogP contribution in [-0.2, 0) is 9.53 Å². The molecule has 3 fully saturated rings. The number of hydrogen-bond donors (Lipinski definition) is 0. The SMILES string of the molecule is COC1CCC2(C)C3=C(CCC2C1(C)C)CC1(C)CCC2C(C)(C)C(=O)CCC2(C)C1CC3. The van der Waals surface area contributed by atoms with E-state index in [1.165, 1.54) is 57.8 Å². The van der Waals surface area contributed by atoms with Crippen molar-refractivity contribution < 1.29 is 9.53 Å². The van der Waals surface area contributed by atoms with E-state index in [-0.39, 0.29) is 10.8 Å². The zero-order valence-corrected chi connectivity index (χ0v) is 22.9. The minimum atomic E-state index is -0.146. The van der Waals surface area contributed by atoms with Crippen LogP contribution in [0.15, 0.2) is 11.1 Å². The third-order valence-electron chi connectivity index (χ3n) is 12.8. The molecule has 0 saturated heterocycles. The van der Waals surface area contributed by atoms with Gasteiger partial charge in [0.25, 0.3) is 0 Å². The van der Waals surface area contributed by atoms with E-state index in [2.05, 4.69) is 48.5 Å². The molecule has 33 heavy (non-hydrogen) atoms. The maximum Gasteiger partial charge on any atom is 0.138 e. The lowest BCUT2D eigenvalue weighted by atomic mass is 9.42. The van der Waals surface area contributed by atoms with Crippen LogP contribution in [0.2, 0.25) is 0 Å². The first-order valence-corrected chi connectivity index (χ1v) is 14.1. The van der Waals surface area contributed by atoms with E-state index in [9.17, 15) is 4.79 Å². The molecule has 186 valence electrons. The smallest absolute Gasteiger partial charge is 0.138 e. The fourth-order valence-corrected chi connectivity index (χ4v) is 11.1. The molecule has 5 aliphatic rings. The summed E-state index contributed by atoms with van der Waals surface area (Å²) in [5, 5.41) is 0.